The molecule has 30 heavy (non-hydrogen) atoms. The van der Waals surface area contributed by atoms with Crippen molar-refractivity contribution in [2.24, 2.45) is 17.8 Å². The maximum atomic E-state index is 13.7. The van der Waals surface area contributed by atoms with Crippen LogP contribution in [0.25, 0.3) is 0 Å². The third-order valence-electron chi connectivity index (χ3n) is 6.60. The highest BCUT2D eigenvalue weighted by Crippen LogP contribution is 2.44. The van der Waals surface area contributed by atoms with E-state index in [1.54, 1.807) is 11.0 Å². The fourth-order valence-electron chi connectivity index (χ4n) is 4.91. The highest BCUT2D eigenvalue weighted by molar-refractivity contribution is 5.96. The van der Waals surface area contributed by atoms with E-state index in [9.17, 15) is 23.2 Å². The Balaban J connectivity index is 1.38. The standard InChI is InChI=1S/C22H23F2N3O3/c1-12-3-2-4-13-10-27(11-17(12)13)19(28)6-14-5-18(26-21(14)30)20(29)16-8-22(23,24)7-15(16)9-25/h2-4,14-16,18H,5-8,10-11H2,1H3,(H,26,30)/t14-,15-,16?,18-/m0/s1. The molecule has 8 heteroatoms. The van der Waals surface area contributed by atoms with Gasteiger partial charge in [0.2, 0.25) is 17.7 Å². The number of hydrogen-bond donors (Lipinski definition) is 1. The zero-order chi connectivity index (χ0) is 21.6. The number of aryl methyl sites for hydroxylation is 1. The summed E-state index contributed by atoms with van der Waals surface area (Å²) in [7, 11) is 0. The van der Waals surface area contributed by atoms with Gasteiger partial charge >= 0.3 is 0 Å². The minimum Gasteiger partial charge on any atom is -0.346 e. The molecule has 4 rings (SSSR count). The molecule has 1 aromatic carbocycles. The van der Waals surface area contributed by atoms with Gasteiger partial charge in [-0.2, -0.15) is 5.26 Å². The maximum absolute atomic E-state index is 13.7. The molecular formula is C22H23F2N3O3. The lowest BCUT2D eigenvalue weighted by Crippen LogP contribution is -2.38. The molecule has 0 aromatic heterocycles. The Bertz CT molecular complexity index is 955. The third kappa shape index (κ3) is 3.69. The Morgan fingerprint density at radius 1 is 1.30 bits per heavy atom. The summed E-state index contributed by atoms with van der Waals surface area (Å²) < 4.78 is 27.4. The van der Waals surface area contributed by atoms with Crippen LogP contribution in [-0.4, -0.2) is 34.5 Å². The van der Waals surface area contributed by atoms with Crippen LogP contribution in [0.5, 0.6) is 0 Å². The van der Waals surface area contributed by atoms with Crippen molar-refractivity contribution in [3.8, 4) is 6.07 Å². The normalized spacial score (nSPS) is 29.4. The van der Waals surface area contributed by atoms with Gasteiger partial charge in [-0.1, -0.05) is 18.2 Å². The van der Waals surface area contributed by atoms with Gasteiger partial charge in [0.25, 0.3) is 0 Å². The molecule has 1 aromatic rings. The van der Waals surface area contributed by atoms with Crippen LogP contribution in [0.3, 0.4) is 0 Å². The molecule has 2 amide bonds. The molecule has 2 heterocycles. The van der Waals surface area contributed by atoms with Crippen molar-refractivity contribution in [2.45, 2.75) is 57.7 Å². The lowest BCUT2D eigenvalue weighted by atomic mass is 9.87. The lowest BCUT2D eigenvalue weighted by molar-refractivity contribution is -0.135. The molecule has 6 nitrogen and oxygen atoms in total. The van der Waals surface area contributed by atoms with Crippen molar-refractivity contribution in [1.29, 1.82) is 5.26 Å². The number of halogens is 2. The third-order valence-corrected chi connectivity index (χ3v) is 6.60. The van der Waals surface area contributed by atoms with Crippen LogP contribution in [0.4, 0.5) is 8.78 Å². The van der Waals surface area contributed by atoms with Crippen LogP contribution < -0.4 is 5.32 Å². The molecule has 1 aliphatic carbocycles. The minimum absolute atomic E-state index is 0.0227. The number of benzene rings is 1. The smallest absolute Gasteiger partial charge is 0.250 e. The van der Waals surface area contributed by atoms with Crippen LogP contribution in [0.2, 0.25) is 0 Å². The summed E-state index contributed by atoms with van der Waals surface area (Å²) in [5.74, 6) is -6.93. The molecule has 1 unspecified atom stereocenters. The molecule has 2 aliphatic heterocycles. The Morgan fingerprint density at radius 3 is 2.77 bits per heavy atom. The summed E-state index contributed by atoms with van der Waals surface area (Å²) in [6.45, 7) is 2.99. The number of hydrogen-bond acceptors (Lipinski definition) is 4. The van der Waals surface area contributed by atoms with Gasteiger partial charge in [0.05, 0.1) is 18.0 Å². The SMILES string of the molecule is Cc1cccc2c1CN(C(=O)C[C@@H]1C[C@@H](C(=O)C3CC(F)(F)C[C@H]3C#N)NC1=O)C2. The fourth-order valence-corrected chi connectivity index (χ4v) is 4.91. The molecule has 158 valence electrons. The van der Waals surface area contributed by atoms with E-state index in [1.807, 2.05) is 25.1 Å². The predicted molar refractivity (Wildman–Crippen MR) is 102 cm³/mol. The second-order valence-corrected chi connectivity index (χ2v) is 8.67. The van der Waals surface area contributed by atoms with Crippen LogP contribution in [-0.2, 0) is 27.5 Å². The van der Waals surface area contributed by atoms with E-state index in [1.165, 1.54) is 0 Å². The topological polar surface area (TPSA) is 90.3 Å². The summed E-state index contributed by atoms with van der Waals surface area (Å²) in [6, 6.07) is 6.82. The van der Waals surface area contributed by atoms with E-state index < -0.39 is 54.3 Å². The summed E-state index contributed by atoms with van der Waals surface area (Å²) in [5, 5.41) is 11.7. The summed E-state index contributed by atoms with van der Waals surface area (Å²) >= 11 is 0. The van der Waals surface area contributed by atoms with E-state index >= 15 is 0 Å². The van der Waals surface area contributed by atoms with Crippen LogP contribution in [0.15, 0.2) is 18.2 Å². The molecule has 0 bridgehead atoms. The number of carbonyl (C=O) groups excluding carboxylic acids is 3. The number of nitriles is 1. The van der Waals surface area contributed by atoms with Gasteiger partial charge in [0.15, 0.2) is 5.78 Å². The zero-order valence-corrected chi connectivity index (χ0v) is 16.7. The van der Waals surface area contributed by atoms with Crippen LogP contribution in [0.1, 0.15) is 42.4 Å². The van der Waals surface area contributed by atoms with E-state index in [2.05, 4.69) is 5.32 Å². The highest BCUT2D eigenvalue weighted by atomic mass is 19.3. The number of nitrogens with one attached hydrogen (secondary N) is 1. The van der Waals surface area contributed by atoms with Gasteiger partial charge in [0, 0.05) is 44.2 Å². The van der Waals surface area contributed by atoms with Crippen molar-refractivity contribution in [3.63, 3.8) is 0 Å². The van der Waals surface area contributed by atoms with Crippen molar-refractivity contribution < 1.29 is 23.2 Å². The van der Waals surface area contributed by atoms with E-state index in [0.29, 0.717) is 13.1 Å². The number of ketones is 1. The Kier molecular flexibility index (Phi) is 5.08. The van der Waals surface area contributed by atoms with E-state index in [-0.39, 0.29) is 18.7 Å². The van der Waals surface area contributed by atoms with Crippen molar-refractivity contribution in [2.75, 3.05) is 0 Å². The van der Waals surface area contributed by atoms with Gasteiger partial charge in [-0.05, 0) is 30.0 Å². The predicted octanol–water partition coefficient (Wildman–Crippen LogP) is 2.49. The number of carbonyl (C=O) groups is 3. The lowest BCUT2D eigenvalue weighted by Gasteiger charge is -2.18. The van der Waals surface area contributed by atoms with Crippen LogP contribution in [0, 0.1) is 36.0 Å². The Labute approximate surface area is 173 Å². The maximum Gasteiger partial charge on any atom is 0.250 e. The monoisotopic (exact) mass is 415 g/mol. The van der Waals surface area contributed by atoms with Gasteiger partial charge < -0.3 is 10.2 Å². The number of rotatable bonds is 4. The van der Waals surface area contributed by atoms with Crippen LogP contribution >= 0.6 is 0 Å². The molecule has 3 aliphatic rings. The molecule has 4 atom stereocenters. The number of amides is 2. The average molecular weight is 415 g/mol. The highest BCUT2D eigenvalue weighted by Gasteiger charge is 2.52. The number of Topliss-reactive ketones (excluding diaryl/α,β-unsaturated/α-hetero) is 1. The molecule has 1 N–H and O–H groups in total. The first-order valence-corrected chi connectivity index (χ1v) is 10.1. The molecule has 2 fully saturated rings. The Morgan fingerprint density at radius 2 is 2.07 bits per heavy atom. The Hall–Kier alpha value is -2.82. The van der Waals surface area contributed by atoms with E-state index in [4.69, 9.17) is 5.26 Å². The zero-order valence-electron chi connectivity index (χ0n) is 16.7. The summed E-state index contributed by atoms with van der Waals surface area (Å²) in [4.78, 5) is 39.5. The first kappa shape index (κ1) is 20.5. The molecular weight excluding hydrogens is 392 g/mol. The average Bonchev–Trinajstić information content (AvgIpc) is 3.37. The second kappa shape index (κ2) is 7.46. The first-order chi connectivity index (χ1) is 14.2. The number of nitrogens with zero attached hydrogens (tertiary/aromatic N) is 2. The molecule has 0 spiro atoms. The van der Waals surface area contributed by atoms with Crippen molar-refractivity contribution in [1.82, 2.24) is 10.2 Å². The van der Waals surface area contributed by atoms with Gasteiger partial charge in [0.1, 0.15) is 0 Å². The van der Waals surface area contributed by atoms with Crippen molar-refractivity contribution in [3.05, 3.63) is 34.9 Å². The van der Waals surface area contributed by atoms with E-state index in [0.717, 1.165) is 16.7 Å². The largest absolute Gasteiger partial charge is 0.346 e. The minimum atomic E-state index is -3.04. The quantitative estimate of drug-likeness (QED) is 0.818. The van der Waals surface area contributed by atoms with Gasteiger partial charge in [-0.25, -0.2) is 8.78 Å². The molecule has 1 saturated carbocycles. The first-order valence-electron chi connectivity index (χ1n) is 10.1. The van der Waals surface area contributed by atoms with Gasteiger partial charge in [-0.3, -0.25) is 14.4 Å². The number of alkyl halides is 2. The molecule has 0 radical (unpaired) electrons. The van der Waals surface area contributed by atoms with Crippen molar-refractivity contribution >= 4 is 17.6 Å². The van der Waals surface area contributed by atoms with Gasteiger partial charge in [-0.15, -0.1) is 0 Å². The second-order valence-electron chi connectivity index (χ2n) is 8.67. The summed E-state index contributed by atoms with van der Waals surface area (Å²) in [6.07, 6.45) is -1.21. The fraction of sp³-hybridized carbons (Fsp3) is 0.545. The number of fused-ring (bicyclic) bond motifs is 1. The molecule has 1 saturated heterocycles. The summed E-state index contributed by atoms with van der Waals surface area (Å²) in [5.41, 5.74) is 3.34.